The molecule has 2 aromatic rings. The number of benzene rings is 2. The number of amides is 3. The number of nitrogens with one attached hydrogen (secondary N) is 2. The number of anilines is 2. The first-order chi connectivity index (χ1) is 15.2. The zero-order valence-corrected chi connectivity index (χ0v) is 19.1. The fourth-order valence-corrected chi connectivity index (χ4v) is 3.47. The minimum Gasteiger partial charge on any atom is -0.377 e. The van der Waals surface area contributed by atoms with E-state index in [4.69, 9.17) is 4.74 Å². The molecule has 2 N–H and O–H groups in total. The Morgan fingerprint density at radius 1 is 1.03 bits per heavy atom. The molecule has 1 aliphatic heterocycles. The first kappa shape index (κ1) is 23.2. The highest BCUT2D eigenvalue weighted by atomic mass is 16.5. The van der Waals surface area contributed by atoms with Crippen molar-refractivity contribution in [1.82, 2.24) is 4.90 Å². The molecule has 1 heterocycles. The summed E-state index contributed by atoms with van der Waals surface area (Å²) < 4.78 is 5.56. The average molecular weight is 436 g/mol. The van der Waals surface area contributed by atoms with E-state index < -0.39 is 0 Å². The summed E-state index contributed by atoms with van der Waals surface area (Å²) in [5.74, 6) is -0.940. The molecule has 0 spiro atoms. The Hall–Kier alpha value is -3.45. The van der Waals surface area contributed by atoms with Gasteiger partial charge in [0, 0.05) is 18.3 Å². The van der Waals surface area contributed by atoms with Gasteiger partial charge in [0.05, 0.1) is 24.8 Å². The van der Waals surface area contributed by atoms with Crippen LogP contribution in [-0.4, -0.2) is 41.9 Å². The summed E-state index contributed by atoms with van der Waals surface area (Å²) in [7, 11) is 0. The van der Waals surface area contributed by atoms with Crippen molar-refractivity contribution in [3.8, 4) is 0 Å². The van der Waals surface area contributed by atoms with Gasteiger partial charge in [-0.05, 0) is 62.6 Å². The lowest BCUT2D eigenvalue weighted by molar-refractivity contribution is -0.138. The second-order valence-corrected chi connectivity index (χ2v) is 8.13. The third kappa shape index (κ3) is 5.23. The number of aryl methyl sites for hydroxylation is 2. The van der Waals surface area contributed by atoms with Crippen LogP contribution in [0.4, 0.5) is 11.4 Å². The Balaban J connectivity index is 1.99. The number of carbonyl (C=O) groups excluding carboxylic acids is 3. The number of nitrogens with zero attached hydrogens (tertiary/aromatic N) is 1. The van der Waals surface area contributed by atoms with E-state index in [2.05, 4.69) is 10.6 Å². The Labute approximate surface area is 188 Å². The molecule has 32 heavy (non-hydrogen) atoms. The van der Waals surface area contributed by atoms with Gasteiger partial charge in [0.25, 0.3) is 11.8 Å². The third-order valence-electron chi connectivity index (χ3n) is 5.08. The first-order valence-corrected chi connectivity index (χ1v) is 10.6. The zero-order chi connectivity index (χ0) is 23.4. The molecule has 0 aliphatic carbocycles. The number of hydrogen-bond acceptors (Lipinski definition) is 5. The lowest BCUT2D eigenvalue weighted by Crippen LogP contribution is -2.35. The van der Waals surface area contributed by atoms with Gasteiger partial charge < -0.3 is 15.4 Å². The molecule has 2 aromatic carbocycles. The lowest BCUT2D eigenvalue weighted by Gasteiger charge is -2.17. The van der Waals surface area contributed by atoms with Gasteiger partial charge >= 0.3 is 0 Å². The molecule has 0 bridgehead atoms. The first-order valence-electron chi connectivity index (χ1n) is 10.6. The van der Waals surface area contributed by atoms with E-state index in [0.29, 0.717) is 16.8 Å². The summed E-state index contributed by atoms with van der Waals surface area (Å²) in [5.41, 5.74) is 4.52. The molecular weight excluding hydrogens is 406 g/mol. The number of rotatable bonds is 8. The van der Waals surface area contributed by atoms with Gasteiger partial charge in [-0.1, -0.05) is 24.3 Å². The molecule has 7 nitrogen and oxygen atoms in total. The van der Waals surface area contributed by atoms with Crippen molar-refractivity contribution >= 4 is 34.7 Å². The van der Waals surface area contributed by atoms with Crippen LogP contribution in [0.5, 0.6) is 0 Å². The van der Waals surface area contributed by atoms with Crippen LogP contribution in [0.2, 0.25) is 0 Å². The van der Waals surface area contributed by atoms with Crippen molar-refractivity contribution in [2.75, 3.05) is 23.8 Å². The summed E-state index contributed by atoms with van der Waals surface area (Å²) >= 11 is 0. The van der Waals surface area contributed by atoms with E-state index in [9.17, 15) is 14.4 Å². The highest BCUT2D eigenvalue weighted by Crippen LogP contribution is 2.32. The fraction of sp³-hybridized carbons (Fsp3) is 0.320. The number of carbonyl (C=O) groups is 3. The summed E-state index contributed by atoms with van der Waals surface area (Å²) in [5, 5.41) is 5.92. The Bertz CT molecular complexity index is 1070. The van der Waals surface area contributed by atoms with E-state index in [1.807, 2.05) is 45.9 Å². The van der Waals surface area contributed by atoms with Crippen LogP contribution in [0.3, 0.4) is 0 Å². The van der Waals surface area contributed by atoms with Gasteiger partial charge in [-0.2, -0.15) is 0 Å². The summed E-state index contributed by atoms with van der Waals surface area (Å²) in [6, 6.07) is 12.8. The zero-order valence-electron chi connectivity index (χ0n) is 19.1. The number of hydrogen-bond donors (Lipinski definition) is 2. The highest BCUT2D eigenvalue weighted by Gasteiger charge is 2.39. The van der Waals surface area contributed by atoms with Gasteiger partial charge in [-0.15, -0.1) is 0 Å². The topological polar surface area (TPSA) is 87.7 Å². The second kappa shape index (κ2) is 9.78. The molecule has 0 radical (unpaired) electrons. The van der Waals surface area contributed by atoms with Crippen LogP contribution in [-0.2, 0) is 19.1 Å². The van der Waals surface area contributed by atoms with Gasteiger partial charge in [0.2, 0.25) is 5.91 Å². The Morgan fingerprint density at radius 3 is 2.34 bits per heavy atom. The molecule has 0 aromatic heterocycles. The molecule has 168 valence electrons. The molecular formula is C25H29N3O4. The maximum absolute atomic E-state index is 13.3. The fourth-order valence-electron chi connectivity index (χ4n) is 3.47. The minimum atomic E-state index is -0.385. The van der Waals surface area contributed by atoms with Gasteiger partial charge in [-0.3, -0.25) is 19.3 Å². The summed E-state index contributed by atoms with van der Waals surface area (Å²) in [6.45, 7) is 9.58. The normalized spacial score (nSPS) is 13.9. The second-order valence-electron chi connectivity index (χ2n) is 8.13. The molecule has 0 saturated heterocycles. The summed E-state index contributed by atoms with van der Waals surface area (Å²) in [4.78, 5) is 39.1. The van der Waals surface area contributed by atoms with Crippen LogP contribution in [0.25, 0.3) is 5.57 Å². The van der Waals surface area contributed by atoms with Crippen LogP contribution in [0.15, 0.2) is 48.2 Å². The molecule has 0 fully saturated rings. The van der Waals surface area contributed by atoms with Crippen molar-refractivity contribution < 1.29 is 19.1 Å². The molecule has 0 saturated carbocycles. The summed E-state index contributed by atoms with van der Waals surface area (Å²) in [6.07, 6.45) is 0.00379. The van der Waals surface area contributed by atoms with Gasteiger partial charge in [0.1, 0.15) is 5.70 Å². The van der Waals surface area contributed by atoms with Crippen molar-refractivity contribution in [2.45, 2.75) is 40.7 Å². The quantitative estimate of drug-likeness (QED) is 0.615. The Morgan fingerprint density at radius 2 is 1.72 bits per heavy atom. The predicted octanol–water partition coefficient (Wildman–Crippen LogP) is 3.88. The SMILES string of the molecule is CC(=O)Nc1ccc(C2=C(Nc3cc(C)ccc3C)C(=O)N(CCOC(C)C)C2=O)cc1. The third-order valence-corrected chi connectivity index (χ3v) is 5.08. The average Bonchev–Trinajstić information content (AvgIpc) is 2.95. The molecule has 0 unspecified atom stereocenters. The van der Waals surface area contributed by atoms with Crippen molar-refractivity contribution in [3.05, 3.63) is 64.9 Å². The molecule has 0 atom stereocenters. The molecule has 7 heteroatoms. The minimum absolute atomic E-state index is 0.00379. The van der Waals surface area contributed by atoms with E-state index in [1.54, 1.807) is 24.3 Å². The maximum atomic E-state index is 13.3. The predicted molar refractivity (Wildman–Crippen MR) is 125 cm³/mol. The van der Waals surface area contributed by atoms with E-state index in [0.717, 1.165) is 16.8 Å². The van der Waals surface area contributed by atoms with E-state index in [-0.39, 0.29) is 42.7 Å². The van der Waals surface area contributed by atoms with Crippen LogP contribution >= 0.6 is 0 Å². The monoisotopic (exact) mass is 435 g/mol. The van der Waals surface area contributed by atoms with Crippen molar-refractivity contribution in [2.24, 2.45) is 0 Å². The lowest BCUT2D eigenvalue weighted by atomic mass is 10.0. The number of ether oxygens (including phenoxy) is 1. The van der Waals surface area contributed by atoms with Crippen molar-refractivity contribution in [1.29, 1.82) is 0 Å². The standard InChI is InChI=1S/C25H29N3O4/c1-15(2)32-13-12-28-24(30)22(19-8-10-20(11-9-19)26-18(5)29)23(25(28)31)27-21-14-16(3)6-7-17(21)4/h6-11,14-15,27H,12-13H2,1-5H3,(H,26,29). The maximum Gasteiger partial charge on any atom is 0.278 e. The largest absolute Gasteiger partial charge is 0.377 e. The van der Waals surface area contributed by atoms with E-state index in [1.165, 1.54) is 11.8 Å². The molecule has 3 rings (SSSR count). The molecule has 1 aliphatic rings. The Kier molecular flexibility index (Phi) is 7.10. The van der Waals surface area contributed by atoms with Crippen LogP contribution in [0, 0.1) is 13.8 Å². The molecule has 3 amide bonds. The van der Waals surface area contributed by atoms with Gasteiger partial charge in [-0.25, -0.2) is 0 Å². The number of imide groups is 1. The van der Waals surface area contributed by atoms with Crippen LogP contribution < -0.4 is 10.6 Å². The van der Waals surface area contributed by atoms with E-state index >= 15 is 0 Å². The van der Waals surface area contributed by atoms with Gasteiger partial charge in [0.15, 0.2) is 0 Å². The smallest absolute Gasteiger partial charge is 0.278 e. The van der Waals surface area contributed by atoms with Crippen molar-refractivity contribution in [3.63, 3.8) is 0 Å². The highest BCUT2D eigenvalue weighted by molar-refractivity contribution is 6.36. The van der Waals surface area contributed by atoms with Crippen LogP contribution in [0.1, 0.15) is 37.5 Å².